The molecule has 2 heterocycles. The van der Waals surface area contributed by atoms with Gasteiger partial charge in [0.2, 0.25) is 0 Å². The van der Waals surface area contributed by atoms with Crippen LogP contribution in [0.15, 0.2) is 0 Å². The molecular formula is C15H26N2O4. The van der Waals surface area contributed by atoms with Crippen molar-refractivity contribution in [2.45, 2.75) is 58.2 Å². The van der Waals surface area contributed by atoms with Gasteiger partial charge in [-0.05, 0) is 53.0 Å². The maximum Gasteiger partial charge on any atom is 0.411 e. The second kappa shape index (κ2) is 6.22. The molecule has 1 N–H and O–H groups in total. The molecule has 0 saturated carbocycles. The molecule has 1 amide bonds. The number of likely N-dealkylation sites (tertiary alicyclic amines) is 1. The monoisotopic (exact) mass is 298 g/mol. The normalized spacial score (nSPS) is 29.0. The Balaban J connectivity index is 2.18. The zero-order valence-electron chi connectivity index (χ0n) is 13.3. The van der Waals surface area contributed by atoms with E-state index in [2.05, 4.69) is 5.32 Å². The van der Waals surface area contributed by atoms with Crippen molar-refractivity contribution in [1.82, 2.24) is 10.2 Å². The lowest BCUT2D eigenvalue weighted by Crippen LogP contribution is -2.53. The van der Waals surface area contributed by atoms with Gasteiger partial charge in [0.05, 0.1) is 12.6 Å². The van der Waals surface area contributed by atoms with Crippen LogP contribution in [0.3, 0.4) is 0 Å². The third-order valence-corrected chi connectivity index (χ3v) is 3.97. The van der Waals surface area contributed by atoms with Gasteiger partial charge in [0, 0.05) is 6.54 Å². The highest BCUT2D eigenvalue weighted by Crippen LogP contribution is 2.35. The molecule has 2 saturated heterocycles. The van der Waals surface area contributed by atoms with Crippen LogP contribution < -0.4 is 5.32 Å². The predicted molar refractivity (Wildman–Crippen MR) is 77.9 cm³/mol. The minimum Gasteiger partial charge on any atom is -0.464 e. The van der Waals surface area contributed by atoms with Gasteiger partial charge in [0.1, 0.15) is 11.6 Å². The number of carbonyl (C=O) groups is 2. The number of hydrogen-bond donors (Lipinski definition) is 1. The number of nitrogens with one attached hydrogen (secondary N) is 1. The molecule has 0 aromatic carbocycles. The Morgan fingerprint density at radius 1 is 1.33 bits per heavy atom. The van der Waals surface area contributed by atoms with Crippen LogP contribution in [0.25, 0.3) is 0 Å². The van der Waals surface area contributed by atoms with E-state index in [0.717, 1.165) is 13.0 Å². The Bertz CT molecular complexity index is 405. The van der Waals surface area contributed by atoms with E-state index in [1.54, 1.807) is 11.8 Å². The first-order chi connectivity index (χ1) is 9.83. The fourth-order valence-corrected chi connectivity index (χ4v) is 3.15. The van der Waals surface area contributed by atoms with E-state index in [0.29, 0.717) is 25.5 Å². The second-order valence-electron chi connectivity index (χ2n) is 6.71. The van der Waals surface area contributed by atoms with E-state index in [1.807, 2.05) is 20.8 Å². The Kier molecular flexibility index (Phi) is 4.76. The summed E-state index contributed by atoms with van der Waals surface area (Å²) in [5, 5.41) is 3.29. The molecular weight excluding hydrogens is 272 g/mol. The van der Waals surface area contributed by atoms with Gasteiger partial charge < -0.3 is 14.8 Å². The molecule has 2 aliphatic rings. The highest BCUT2D eigenvalue weighted by molar-refractivity contribution is 5.82. The molecule has 0 aliphatic carbocycles. The zero-order chi connectivity index (χ0) is 15.6. The average Bonchev–Trinajstić information content (AvgIpc) is 2.76. The molecule has 0 aromatic heterocycles. The highest BCUT2D eigenvalue weighted by atomic mass is 16.6. The second-order valence-corrected chi connectivity index (χ2v) is 6.71. The minimum atomic E-state index is -0.573. The van der Waals surface area contributed by atoms with Crippen molar-refractivity contribution >= 4 is 12.1 Å². The van der Waals surface area contributed by atoms with Crippen LogP contribution in [-0.2, 0) is 14.3 Å². The van der Waals surface area contributed by atoms with Crippen molar-refractivity contribution < 1.29 is 19.1 Å². The summed E-state index contributed by atoms with van der Waals surface area (Å²) in [4.78, 5) is 26.3. The summed E-state index contributed by atoms with van der Waals surface area (Å²) in [6.45, 7) is 9.23. The molecule has 2 aliphatic heterocycles. The third-order valence-electron chi connectivity index (χ3n) is 3.97. The van der Waals surface area contributed by atoms with Gasteiger partial charge >= 0.3 is 12.1 Å². The van der Waals surface area contributed by atoms with E-state index >= 15 is 0 Å². The first-order valence-corrected chi connectivity index (χ1v) is 7.72. The number of carbonyl (C=O) groups excluding carboxylic acids is 2. The Morgan fingerprint density at radius 2 is 2.05 bits per heavy atom. The van der Waals surface area contributed by atoms with Crippen LogP contribution in [0.5, 0.6) is 0 Å². The first kappa shape index (κ1) is 16.1. The van der Waals surface area contributed by atoms with E-state index in [4.69, 9.17) is 9.47 Å². The zero-order valence-corrected chi connectivity index (χ0v) is 13.3. The average molecular weight is 298 g/mol. The molecule has 6 heteroatoms. The van der Waals surface area contributed by atoms with Crippen LogP contribution >= 0.6 is 0 Å². The number of esters is 1. The SMILES string of the molecule is CCOC(=O)C1CC2CCNCC2N1C(=O)OC(C)(C)C. The maximum atomic E-state index is 12.5. The quantitative estimate of drug-likeness (QED) is 0.783. The van der Waals surface area contributed by atoms with E-state index in [1.165, 1.54) is 0 Å². The summed E-state index contributed by atoms with van der Waals surface area (Å²) in [6, 6.07) is -0.502. The van der Waals surface area contributed by atoms with Crippen molar-refractivity contribution in [2.75, 3.05) is 19.7 Å². The smallest absolute Gasteiger partial charge is 0.411 e. The Hall–Kier alpha value is -1.30. The molecule has 2 rings (SSSR count). The molecule has 0 bridgehead atoms. The Morgan fingerprint density at radius 3 is 2.67 bits per heavy atom. The van der Waals surface area contributed by atoms with Gasteiger partial charge in [-0.25, -0.2) is 9.59 Å². The lowest BCUT2D eigenvalue weighted by Gasteiger charge is -2.34. The largest absolute Gasteiger partial charge is 0.464 e. The summed E-state index contributed by atoms with van der Waals surface area (Å²) >= 11 is 0. The standard InChI is InChI=1S/C15H26N2O4/c1-5-20-13(18)11-8-10-6-7-16-9-12(10)17(11)14(19)21-15(2,3)4/h10-12,16H,5-9H2,1-4H3. The van der Waals surface area contributed by atoms with Gasteiger partial charge in [-0.15, -0.1) is 0 Å². The fourth-order valence-electron chi connectivity index (χ4n) is 3.15. The molecule has 0 radical (unpaired) electrons. The number of hydrogen-bond acceptors (Lipinski definition) is 5. The van der Waals surface area contributed by atoms with Crippen molar-refractivity contribution in [2.24, 2.45) is 5.92 Å². The van der Waals surface area contributed by atoms with Crippen LogP contribution in [0.1, 0.15) is 40.5 Å². The summed E-state index contributed by atoms with van der Waals surface area (Å²) in [6.07, 6.45) is 1.22. The van der Waals surface area contributed by atoms with E-state index in [-0.39, 0.29) is 12.0 Å². The van der Waals surface area contributed by atoms with Crippen LogP contribution in [0.4, 0.5) is 4.79 Å². The van der Waals surface area contributed by atoms with E-state index < -0.39 is 17.7 Å². The number of ether oxygens (including phenoxy) is 2. The van der Waals surface area contributed by atoms with Crippen LogP contribution in [0.2, 0.25) is 0 Å². The van der Waals surface area contributed by atoms with Gasteiger partial charge in [-0.1, -0.05) is 0 Å². The van der Waals surface area contributed by atoms with Crippen molar-refractivity contribution in [3.63, 3.8) is 0 Å². The Labute approximate surface area is 126 Å². The summed E-state index contributed by atoms with van der Waals surface area (Å²) < 4.78 is 10.6. The lowest BCUT2D eigenvalue weighted by molar-refractivity contribution is -0.148. The number of fused-ring (bicyclic) bond motifs is 1. The van der Waals surface area contributed by atoms with Crippen LogP contribution in [0, 0.1) is 5.92 Å². The number of nitrogens with zero attached hydrogens (tertiary/aromatic N) is 1. The topological polar surface area (TPSA) is 67.9 Å². The maximum absolute atomic E-state index is 12.5. The van der Waals surface area contributed by atoms with Gasteiger partial charge in [-0.2, -0.15) is 0 Å². The number of piperidine rings is 1. The highest BCUT2D eigenvalue weighted by Gasteiger charge is 2.49. The molecule has 0 spiro atoms. The predicted octanol–water partition coefficient (Wildman–Crippen LogP) is 1.54. The number of rotatable bonds is 2. The van der Waals surface area contributed by atoms with Crippen molar-refractivity contribution in [3.05, 3.63) is 0 Å². The molecule has 3 atom stereocenters. The summed E-state index contributed by atoms with van der Waals surface area (Å²) in [5.41, 5.74) is -0.573. The lowest BCUT2D eigenvalue weighted by atomic mass is 9.92. The molecule has 0 aromatic rings. The molecule has 2 fully saturated rings. The van der Waals surface area contributed by atoms with Crippen LogP contribution in [-0.4, -0.2) is 54.3 Å². The minimum absolute atomic E-state index is 0.0167. The van der Waals surface area contributed by atoms with Gasteiger partial charge in [0.15, 0.2) is 0 Å². The molecule has 3 unspecified atom stereocenters. The fraction of sp³-hybridized carbons (Fsp3) is 0.867. The summed E-state index contributed by atoms with van der Waals surface area (Å²) in [5.74, 6) is 0.0194. The molecule has 21 heavy (non-hydrogen) atoms. The van der Waals surface area contributed by atoms with E-state index in [9.17, 15) is 9.59 Å². The summed E-state index contributed by atoms with van der Waals surface area (Å²) in [7, 11) is 0. The van der Waals surface area contributed by atoms with Gasteiger partial charge in [0.25, 0.3) is 0 Å². The first-order valence-electron chi connectivity index (χ1n) is 7.72. The van der Waals surface area contributed by atoms with Gasteiger partial charge in [-0.3, -0.25) is 4.90 Å². The number of amides is 1. The van der Waals surface area contributed by atoms with Crippen molar-refractivity contribution in [1.29, 1.82) is 0 Å². The molecule has 120 valence electrons. The molecule has 6 nitrogen and oxygen atoms in total. The third kappa shape index (κ3) is 3.67. The van der Waals surface area contributed by atoms with Crippen molar-refractivity contribution in [3.8, 4) is 0 Å².